The Kier molecular flexibility index (Phi) is 55.2. The molecule has 0 heterocycles. The number of carboxylic acid groups (broad SMARTS) is 1. The molecule has 0 radical (unpaired) electrons. The van der Waals surface area contributed by atoms with Crippen LogP contribution in [0.2, 0.25) is 0 Å². The Morgan fingerprint density at radius 1 is 0.405 bits per heavy atom. The lowest BCUT2D eigenvalue weighted by atomic mass is 10.0. The molecule has 2 atom stereocenters. The molecule has 0 aliphatic carbocycles. The van der Waals surface area contributed by atoms with Gasteiger partial charge in [0.25, 0.3) is 6.29 Å². The van der Waals surface area contributed by atoms with Gasteiger partial charge in [-0.3, -0.25) is 9.59 Å². The minimum atomic E-state index is -1.50. The number of carboxylic acids is 1. The van der Waals surface area contributed by atoms with Gasteiger partial charge in [0.2, 0.25) is 0 Å². The van der Waals surface area contributed by atoms with E-state index in [4.69, 9.17) is 18.9 Å². The highest BCUT2D eigenvalue weighted by Gasteiger charge is 2.25. The fraction of sp³-hybridized carbons (Fsp3) is 0.892. The number of esters is 2. The van der Waals surface area contributed by atoms with E-state index in [2.05, 4.69) is 38.2 Å². The van der Waals surface area contributed by atoms with Crippen molar-refractivity contribution in [1.82, 2.24) is 0 Å². The molecule has 9 nitrogen and oxygen atoms in total. The monoisotopic (exact) mass is 1050 g/mol. The molecule has 0 saturated carbocycles. The van der Waals surface area contributed by atoms with Gasteiger partial charge in [-0.2, -0.15) is 0 Å². The third-order valence-corrected chi connectivity index (χ3v) is 14.5. The van der Waals surface area contributed by atoms with Crippen LogP contribution in [0, 0.1) is 0 Å². The fourth-order valence-corrected chi connectivity index (χ4v) is 9.52. The van der Waals surface area contributed by atoms with Crippen LogP contribution in [-0.4, -0.2) is 87.4 Å². The maximum absolute atomic E-state index is 12.9. The van der Waals surface area contributed by atoms with Gasteiger partial charge in [-0.1, -0.05) is 282 Å². The molecule has 0 aliphatic rings. The van der Waals surface area contributed by atoms with Crippen LogP contribution in [0.15, 0.2) is 24.3 Å². The molecule has 0 aromatic rings. The zero-order chi connectivity index (χ0) is 54.1. The average Bonchev–Trinajstić information content (AvgIpc) is 3.37. The van der Waals surface area contributed by atoms with Gasteiger partial charge in [0, 0.05) is 12.8 Å². The Balaban J connectivity index is 3.99. The predicted octanol–water partition coefficient (Wildman–Crippen LogP) is 19.1. The smallest absolute Gasteiger partial charge is 0.361 e. The molecule has 2 unspecified atom stereocenters. The molecule has 0 aromatic carbocycles. The predicted molar refractivity (Wildman–Crippen MR) is 314 cm³/mol. The van der Waals surface area contributed by atoms with Gasteiger partial charge in [0.15, 0.2) is 6.10 Å². The first-order chi connectivity index (χ1) is 36.1. The SMILES string of the molecule is CCCCCCC/C=C\C/C=C\CCCCCCCCCCCCCCCCCCCCCCCCCC(=O)OC(COC(=O)CCCCCCCCCCCCCCCC)COC(OCC[N+](C)(C)C)C(=O)O. The Labute approximate surface area is 458 Å². The number of hydrogen-bond donors (Lipinski definition) is 1. The lowest BCUT2D eigenvalue weighted by Crippen LogP contribution is -2.40. The number of rotatable bonds is 60. The van der Waals surface area contributed by atoms with Crippen LogP contribution in [0.3, 0.4) is 0 Å². The molecular formula is C65H124NO8+. The van der Waals surface area contributed by atoms with Crippen molar-refractivity contribution < 1.29 is 42.9 Å². The molecule has 0 rings (SSSR count). The summed E-state index contributed by atoms with van der Waals surface area (Å²) in [7, 11) is 5.98. The molecule has 436 valence electrons. The van der Waals surface area contributed by atoms with E-state index in [9.17, 15) is 19.5 Å². The van der Waals surface area contributed by atoms with Crippen molar-refractivity contribution in [1.29, 1.82) is 0 Å². The second-order valence-electron chi connectivity index (χ2n) is 23.1. The highest BCUT2D eigenvalue weighted by Crippen LogP contribution is 2.18. The molecule has 0 aliphatic heterocycles. The summed E-state index contributed by atoms with van der Waals surface area (Å²) in [5, 5.41) is 9.70. The summed E-state index contributed by atoms with van der Waals surface area (Å²) >= 11 is 0. The minimum absolute atomic E-state index is 0.174. The molecule has 9 heteroatoms. The minimum Gasteiger partial charge on any atom is -0.477 e. The first-order valence-electron chi connectivity index (χ1n) is 32.0. The molecular weight excluding hydrogens is 923 g/mol. The Morgan fingerprint density at radius 3 is 1.07 bits per heavy atom. The molecule has 0 amide bonds. The van der Waals surface area contributed by atoms with Crippen LogP contribution < -0.4 is 0 Å². The van der Waals surface area contributed by atoms with E-state index in [1.165, 1.54) is 244 Å². The number of carbonyl (C=O) groups is 3. The van der Waals surface area contributed by atoms with Crippen LogP contribution in [0.5, 0.6) is 0 Å². The van der Waals surface area contributed by atoms with Crippen LogP contribution in [0.1, 0.15) is 316 Å². The van der Waals surface area contributed by atoms with Gasteiger partial charge < -0.3 is 28.5 Å². The van der Waals surface area contributed by atoms with Crippen LogP contribution >= 0.6 is 0 Å². The topological polar surface area (TPSA) is 108 Å². The zero-order valence-electron chi connectivity index (χ0n) is 49.8. The molecule has 0 spiro atoms. The highest BCUT2D eigenvalue weighted by molar-refractivity contribution is 5.71. The molecule has 0 fully saturated rings. The summed E-state index contributed by atoms with van der Waals surface area (Å²) < 4.78 is 22.9. The second-order valence-corrected chi connectivity index (χ2v) is 23.1. The van der Waals surface area contributed by atoms with Gasteiger partial charge in [0.05, 0.1) is 34.4 Å². The lowest BCUT2D eigenvalue weighted by Gasteiger charge is -2.25. The van der Waals surface area contributed by atoms with Crippen molar-refractivity contribution in [2.75, 3.05) is 47.5 Å². The first kappa shape index (κ1) is 71.8. The third kappa shape index (κ3) is 57.5. The van der Waals surface area contributed by atoms with E-state index in [1.54, 1.807) is 0 Å². The van der Waals surface area contributed by atoms with Gasteiger partial charge >= 0.3 is 17.9 Å². The normalized spacial score (nSPS) is 12.8. The van der Waals surface area contributed by atoms with E-state index >= 15 is 0 Å². The van der Waals surface area contributed by atoms with E-state index in [-0.39, 0.29) is 38.2 Å². The van der Waals surface area contributed by atoms with Crippen molar-refractivity contribution in [3.8, 4) is 0 Å². The molecule has 0 bridgehead atoms. The van der Waals surface area contributed by atoms with Gasteiger partial charge in [-0.15, -0.1) is 0 Å². The Hall–Kier alpha value is -2.23. The van der Waals surface area contributed by atoms with E-state index in [0.717, 1.165) is 44.9 Å². The molecule has 0 aromatic heterocycles. The number of ether oxygens (including phenoxy) is 4. The fourth-order valence-electron chi connectivity index (χ4n) is 9.52. The van der Waals surface area contributed by atoms with Crippen LogP contribution in [0.4, 0.5) is 0 Å². The van der Waals surface area contributed by atoms with E-state index < -0.39 is 18.4 Å². The van der Waals surface area contributed by atoms with Crippen LogP contribution in [-0.2, 0) is 33.3 Å². The highest BCUT2D eigenvalue weighted by atomic mass is 16.7. The molecule has 1 N–H and O–H groups in total. The second kappa shape index (κ2) is 57.0. The van der Waals surface area contributed by atoms with Crippen molar-refractivity contribution in [3.05, 3.63) is 24.3 Å². The van der Waals surface area contributed by atoms with Crippen LogP contribution in [0.25, 0.3) is 0 Å². The summed E-state index contributed by atoms with van der Waals surface area (Å²) in [6.45, 7) is 4.92. The standard InChI is InChI=1S/C65H123NO8/c1-6-8-10-12-14-16-18-20-22-23-24-25-26-27-28-29-30-31-32-33-34-35-36-37-38-39-40-41-42-44-46-48-50-52-54-56-63(68)74-61(60-73-65(64(69)70)71-58-57-66(3,4)5)59-72-62(67)55-53-51-49-47-45-43-21-19-17-15-13-11-9-7-2/h18,20,23-24,61,65H,6-17,19,21-22,25-60H2,1-5H3/p+1/b20-18-,24-23-. The van der Waals surface area contributed by atoms with Gasteiger partial charge in [0.1, 0.15) is 13.2 Å². The third-order valence-electron chi connectivity index (χ3n) is 14.5. The Bertz CT molecular complexity index is 1260. The first-order valence-corrected chi connectivity index (χ1v) is 32.0. The Morgan fingerprint density at radius 2 is 0.730 bits per heavy atom. The number of aliphatic carboxylic acids is 1. The number of hydrogen-bond acceptors (Lipinski definition) is 7. The number of allylic oxidation sites excluding steroid dienone is 4. The lowest BCUT2D eigenvalue weighted by molar-refractivity contribution is -0.870. The average molecular weight is 1050 g/mol. The number of nitrogens with zero attached hydrogens (tertiary/aromatic N) is 1. The maximum Gasteiger partial charge on any atom is 0.361 e. The quantitative estimate of drug-likeness (QED) is 0.0211. The molecule has 74 heavy (non-hydrogen) atoms. The van der Waals surface area contributed by atoms with E-state index in [0.29, 0.717) is 17.4 Å². The largest absolute Gasteiger partial charge is 0.477 e. The van der Waals surface area contributed by atoms with Gasteiger partial charge in [-0.05, 0) is 44.9 Å². The number of unbranched alkanes of at least 4 members (excludes halogenated alkanes) is 41. The zero-order valence-corrected chi connectivity index (χ0v) is 49.8. The molecule has 0 saturated heterocycles. The number of quaternary nitrogens is 1. The van der Waals surface area contributed by atoms with E-state index in [1.807, 2.05) is 21.1 Å². The van der Waals surface area contributed by atoms with Crippen molar-refractivity contribution in [2.45, 2.75) is 328 Å². The summed E-state index contributed by atoms with van der Waals surface area (Å²) in [6.07, 6.45) is 65.7. The van der Waals surface area contributed by atoms with Crippen molar-refractivity contribution >= 4 is 17.9 Å². The van der Waals surface area contributed by atoms with Gasteiger partial charge in [-0.25, -0.2) is 4.79 Å². The van der Waals surface area contributed by atoms with Crippen molar-refractivity contribution in [3.63, 3.8) is 0 Å². The summed E-state index contributed by atoms with van der Waals surface area (Å²) in [4.78, 5) is 37.4. The number of carbonyl (C=O) groups excluding carboxylic acids is 2. The number of likely N-dealkylation sites (N-methyl/N-ethyl adjacent to an activating group) is 1. The summed E-state index contributed by atoms with van der Waals surface area (Å²) in [5.74, 6) is -1.98. The summed E-state index contributed by atoms with van der Waals surface area (Å²) in [5.41, 5.74) is 0. The maximum atomic E-state index is 12.9. The van der Waals surface area contributed by atoms with Crippen molar-refractivity contribution in [2.24, 2.45) is 0 Å². The summed E-state index contributed by atoms with van der Waals surface area (Å²) in [6, 6.07) is 0.